The van der Waals surface area contributed by atoms with Crippen LogP contribution in [0.3, 0.4) is 0 Å². The molecule has 3 heterocycles. The van der Waals surface area contributed by atoms with Crippen molar-refractivity contribution >= 4 is 11.9 Å². The van der Waals surface area contributed by atoms with Gasteiger partial charge in [0.25, 0.3) is 0 Å². The van der Waals surface area contributed by atoms with E-state index < -0.39 is 11.4 Å². The van der Waals surface area contributed by atoms with Gasteiger partial charge in [-0.1, -0.05) is 18.2 Å². The Kier molecular flexibility index (Phi) is 4.33. The summed E-state index contributed by atoms with van der Waals surface area (Å²) in [5, 5.41) is 16.8. The van der Waals surface area contributed by atoms with Crippen LogP contribution in [0.2, 0.25) is 0 Å². The second-order valence-electron chi connectivity index (χ2n) is 7.37. The standard InChI is InChI=1S/C19H22N4O4/c1-12-20-16(22-21-12)6-7-17(24)23-9-14-10-27-15-5-3-2-4-13(15)8-19(14,11-23)18(25)26/h2-5,14H,6-11H2,1H3,(H,25,26)(H,20,21,22)/t14-,19+/m0/s1. The third kappa shape index (κ3) is 3.15. The summed E-state index contributed by atoms with van der Waals surface area (Å²) in [5.74, 6) is 0.871. The number of aromatic amines is 1. The highest BCUT2D eigenvalue weighted by Crippen LogP contribution is 2.44. The van der Waals surface area contributed by atoms with Gasteiger partial charge in [-0.2, -0.15) is 5.10 Å². The molecule has 2 aromatic rings. The number of carboxylic acid groups (broad SMARTS) is 1. The first-order chi connectivity index (χ1) is 13.0. The van der Waals surface area contributed by atoms with Crippen LogP contribution in [0.1, 0.15) is 23.6 Å². The number of carboxylic acids is 1. The van der Waals surface area contributed by atoms with Gasteiger partial charge in [-0.3, -0.25) is 14.7 Å². The Labute approximate surface area is 156 Å². The van der Waals surface area contributed by atoms with Crippen molar-refractivity contribution < 1.29 is 19.4 Å². The van der Waals surface area contributed by atoms with Gasteiger partial charge in [0.05, 0.1) is 12.0 Å². The fourth-order valence-corrected chi connectivity index (χ4v) is 4.09. The lowest BCUT2D eigenvalue weighted by Crippen LogP contribution is -2.42. The minimum atomic E-state index is -1.01. The lowest BCUT2D eigenvalue weighted by molar-refractivity contribution is -0.151. The number of fused-ring (bicyclic) bond motifs is 2. The molecule has 8 nitrogen and oxygen atoms in total. The summed E-state index contributed by atoms with van der Waals surface area (Å²) in [4.78, 5) is 30.8. The molecule has 1 fully saturated rings. The van der Waals surface area contributed by atoms with E-state index in [1.165, 1.54) is 0 Å². The van der Waals surface area contributed by atoms with E-state index >= 15 is 0 Å². The third-order valence-corrected chi connectivity index (χ3v) is 5.60. The van der Waals surface area contributed by atoms with Crippen molar-refractivity contribution in [3.8, 4) is 5.75 Å². The number of amides is 1. The average molecular weight is 370 g/mol. The molecule has 4 rings (SSSR count). The summed E-state index contributed by atoms with van der Waals surface area (Å²) in [6.45, 7) is 2.71. The van der Waals surface area contributed by atoms with Crippen molar-refractivity contribution in [3.63, 3.8) is 0 Å². The molecule has 2 aliphatic heterocycles. The lowest BCUT2D eigenvalue weighted by atomic mass is 9.74. The summed E-state index contributed by atoms with van der Waals surface area (Å²) in [6, 6.07) is 7.54. The first-order valence-electron chi connectivity index (χ1n) is 9.08. The van der Waals surface area contributed by atoms with Gasteiger partial charge < -0.3 is 14.7 Å². The van der Waals surface area contributed by atoms with E-state index in [4.69, 9.17) is 4.74 Å². The number of hydrogen-bond donors (Lipinski definition) is 2. The number of benzene rings is 1. The van der Waals surface area contributed by atoms with Crippen LogP contribution in [0, 0.1) is 18.3 Å². The predicted molar refractivity (Wildman–Crippen MR) is 95.2 cm³/mol. The number of ether oxygens (including phenoxy) is 1. The number of aryl methyl sites for hydroxylation is 2. The topological polar surface area (TPSA) is 108 Å². The van der Waals surface area contributed by atoms with Crippen molar-refractivity contribution in [1.29, 1.82) is 0 Å². The molecule has 1 aromatic heterocycles. The van der Waals surface area contributed by atoms with Crippen LogP contribution in [0.15, 0.2) is 24.3 Å². The molecule has 0 aliphatic carbocycles. The van der Waals surface area contributed by atoms with E-state index in [1.54, 1.807) is 11.8 Å². The molecule has 0 unspecified atom stereocenters. The zero-order chi connectivity index (χ0) is 19.0. The maximum absolute atomic E-state index is 12.7. The number of carbonyl (C=O) groups excluding carboxylic acids is 1. The molecule has 1 saturated heterocycles. The molecule has 0 spiro atoms. The Morgan fingerprint density at radius 2 is 2.22 bits per heavy atom. The van der Waals surface area contributed by atoms with Crippen LogP contribution in [0.4, 0.5) is 0 Å². The maximum atomic E-state index is 12.7. The monoisotopic (exact) mass is 370 g/mol. The molecule has 1 amide bonds. The summed E-state index contributed by atoms with van der Waals surface area (Å²) in [5.41, 5.74) is -0.128. The minimum absolute atomic E-state index is 0.0700. The number of H-pyrrole nitrogens is 1. The molecule has 27 heavy (non-hydrogen) atoms. The van der Waals surface area contributed by atoms with Gasteiger partial charge in [-0.15, -0.1) is 0 Å². The van der Waals surface area contributed by atoms with Crippen LogP contribution in [-0.4, -0.2) is 56.8 Å². The van der Waals surface area contributed by atoms with Crippen LogP contribution >= 0.6 is 0 Å². The largest absolute Gasteiger partial charge is 0.493 e. The normalized spacial score (nSPS) is 23.9. The highest BCUT2D eigenvalue weighted by Gasteiger charge is 2.55. The summed E-state index contributed by atoms with van der Waals surface area (Å²) >= 11 is 0. The SMILES string of the molecule is Cc1nc(CCC(=O)N2C[C@H]3COc4ccccc4C[C@@]3(C(=O)O)C2)n[nH]1. The van der Waals surface area contributed by atoms with Gasteiger partial charge in [-0.05, 0) is 25.0 Å². The lowest BCUT2D eigenvalue weighted by Gasteiger charge is -2.27. The maximum Gasteiger partial charge on any atom is 0.312 e. The van der Waals surface area contributed by atoms with Crippen molar-refractivity contribution in [1.82, 2.24) is 20.1 Å². The van der Waals surface area contributed by atoms with E-state index in [-0.39, 0.29) is 24.8 Å². The number of aliphatic carboxylic acids is 1. The summed E-state index contributed by atoms with van der Waals surface area (Å²) < 4.78 is 5.87. The molecule has 142 valence electrons. The Morgan fingerprint density at radius 1 is 1.41 bits per heavy atom. The molecule has 0 radical (unpaired) electrons. The average Bonchev–Trinajstić information content (AvgIpc) is 3.19. The number of para-hydroxylation sites is 1. The van der Waals surface area contributed by atoms with Gasteiger partial charge in [0, 0.05) is 31.8 Å². The van der Waals surface area contributed by atoms with Gasteiger partial charge in [0.2, 0.25) is 5.91 Å². The van der Waals surface area contributed by atoms with Crippen LogP contribution in [0.5, 0.6) is 5.75 Å². The number of nitrogens with one attached hydrogen (secondary N) is 1. The molecule has 1 aromatic carbocycles. The van der Waals surface area contributed by atoms with Crippen LogP contribution in [-0.2, 0) is 22.4 Å². The highest BCUT2D eigenvalue weighted by molar-refractivity contribution is 5.81. The molecule has 2 N–H and O–H groups in total. The molecule has 8 heteroatoms. The minimum Gasteiger partial charge on any atom is -0.493 e. The summed E-state index contributed by atoms with van der Waals surface area (Å²) in [6.07, 6.45) is 1.06. The van der Waals surface area contributed by atoms with Gasteiger partial charge in [0.15, 0.2) is 5.82 Å². The predicted octanol–water partition coefficient (Wildman–Crippen LogP) is 1.21. The van der Waals surface area contributed by atoms with Crippen molar-refractivity contribution in [2.75, 3.05) is 19.7 Å². The number of rotatable bonds is 4. The Hall–Kier alpha value is -2.90. The molecule has 0 bridgehead atoms. The highest BCUT2D eigenvalue weighted by atomic mass is 16.5. The van der Waals surface area contributed by atoms with Crippen molar-refractivity contribution in [3.05, 3.63) is 41.5 Å². The molecule has 0 saturated carbocycles. The van der Waals surface area contributed by atoms with Gasteiger partial charge in [0.1, 0.15) is 11.6 Å². The molecule has 2 aliphatic rings. The van der Waals surface area contributed by atoms with Crippen LogP contribution < -0.4 is 4.74 Å². The second kappa shape index (κ2) is 6.68. The van der Waals surface area contributed by atoms with Gasteiger partial charge in [-0.25, -0.2) is 4.98 Å². The van der Waals surface area contributed by atoms with E-state index in [0.717, 1.165) is 11.3 Å². The van der Waals surface area contributed by atoms with E-state index in [1.807, 2.05) is 24.3 Å². The molecule has 2 atom stereocenters. The van der Waals surface area contributed by atoms with Crippen molar-refractivity contribution in [2.24, 2.45) is 11.3 Å². The Bertz CT molecular complexity index is 880. The zero-order valence-corrected chi connectivity index (χ0v) is 15.1. The first-order valence-corrected chi connectivity index (χ1v) is 9.08. The number of hydrogen-bond acceptors (Lipinski definition) is 5. The van der Waals surface area contributed by atoms with E-state index in [0.29, 0.717) is 37.6 Å². The molecular formula is C19H22N4O4. The number of aromatic nitrogens is 3. The third-order valence-electron chi connectivity index (χ3n) is 5.60. The van der Waals surface area contributed by atoms with Gasteiger partial charge >= 0.3 is 5.97 Å². The first kappa shape index (κ1) is 17.5. The Balaban J connectivity index is 1.51. The fraction of sp³-hybridized carbons (Fsp3) is 0.474. The van der Waals surface area contributed by atoms with E-state index in [9.17, 15) is 14.7 Å². The number of likely N-dealkylation sites (tertiary alicyclic amines) is 1. The van der Waals surface area contributed by atoms with Crippen molar-refractivity contribution in [2.45, 2.75) is 26.2 Å². The smallest absolute Gasteiger partial charge is 0.312 e. The van der Waals surface area contributed by atoms with Crippen LogP contribution in [0.25, 0.3) is 0 Å². The quantitative estimate of drug-likeness (QED) is 0.837. The Morgan fingerprint density at radius 3 is 2.96 bits per heavy atom. The summed E-state index contributed by atoms with van der Waals surface area (Å²) in [7, 11) is 0. The fourth-order valence-electron chi connectivity index (χ4n) is 4.09. The van der Waals surface area contributed by atoms with E-state index in [2.05, 4.69) is 15.2 Å². The second-order valence-corrected chi connectivity index (χ2v) is 7.37. The number of carbonyl (C=O) groups is 2. The molecular weight excluding hydrogens is 348 g/mol. The zero-order valence-electron chi connectivity index (χ0n) is 15.1. The number of nitrogens with zero attached hydrogens (tertiary/aromatic N) is 3.